The molecule has 0 bridgehead atoms. The van der Waals surface area contributed by atoms with Gasteiger partial charge in [0.05, 0.1) is 7.11 Å². The van der Waals surface area contributed by atoms with Crippen LogP contribution in [0.2, 0.25) is 0 Å². The van der Waals surface area contributed by atoms with E-state index in [1.165, 1.54) is 0 Å². The molecule has 1 aliphatic heterocycles. The third-order valence-electron chi connectivity index (χ3n) is 4.34. The first-order valence-electron chi connectivity index (χ1n) is 8.08. The SMILES string of the molecule is COc1ccc(-c2nc(C3CC(=O)N(c4ccccc4)C3)no2)cc1. The minimum Gasteiger partial charge on any atom is -0.497 e. The molecule has 126 valence electrons. The van der Waals surface area contributed by atoms with Crippen LogP contribution < -0.4 is 9.64 Å². The molecular weight excluding hydrogens is 318 g/mol. The Balaban J connectivity index is 1.53. The van der Waals surface area contributed by atoms with Crippen LogP contribution in [0.25, 0.3) is 11.5 Å². The zero-order valence-electron chi connectivity index (χ0n) is 13.8. The highest BCUT2D eigenvalue weighted by Crippen LogP contribution is 2.31. The number of methoxy groups -OCH3 is 1. The molecule has 1 aromatic heterocycles. The molecule has 6 heteroatoms. The molecule has 1 fully saturated rings. The summed E-state index contributed by atoms with van der Waals surface area (Å²) in [6.45, 7) is 0.560. The van der Waals surface area contributed by atoms with Gasteiger partial charge in [0.15, 0.2) is 5.82 Å². The van der Waals surface area contributed by atoms with Gasteiger partial charge in [0, 0.05) is 30.1 Å². The molecule has 1 amide bonds. The number of aromatic nitrogens is 2. The summed E-state index contributed by atoms with van der Waals surface area (Å²) in [5.74, 6) is 1.79. The van der Waals surface area contributed by atoms with Crippen molar-refractivity contribution in [2.24, 2.45) is 0 Å². The number of hydrogen-bond acceptors (Lipinski definition) is 5. The molecule has 1 saturated heterocycles. The quantitative estimate of drug-likeness (QED) is 0.732. The predicted octanol–water partition coefficient (Wildman–Crippen LogP) is 3.27. The highest BCUT2D eigenvalue weighted by atomic mass is 16.5. The van der Waals surface area contributed by atoms with E-state index in [0.29, 0.717) is 24.7 Å². The molecular formula is C19H17N3O3. The molecule has 1 atom stereocenters. The Morgan fingerprint density at radius 1 is 1.12 bits per heavy atom. The number of carbonyl (C=O) groups is 1. The van der Waals surface area contributed by atoms with Crippen molar-refractivity contribution in [2.45, 2.75) is 12.3 Å². The molecule has 4 rings (SSSR count). The van der Waals surface area contributed by atoms with E-state index in [1.54, 1.807) is 12.0 Å². The van der Waals surface area contributed by atoms with Crippen molar-refractivity contribution in [2.75, 3.05) is 18.6 Å². The topological polar surface area (TPSA) is 68.5 Å². The van der Waals surface area contributed by atoms with E-state index in [4.69, 9.17) is 9.26 Å². The van der Waals surface area contributed by atoms with E-state index in [1.807, 2.05) is 54.6 Å². The van der Waals surface area contributed by atoms with Gasteiger partial charge in [-0.1, -0.05) is 23.4 Å². The zero-order valence-corrected chi connectivity index (χ0v) is 13.8. The highest BCUT2D eigenvalue weighted by molar-refractivity contribution is 5.96. The van der Waals surface area contributed by atoms with E-state index in [-0.39, 0.29) is 11.8 Å². The molecule has 1 unspecified atom stereocenters. The maximum Gasteiger partial charge on any atom is 0.257 e. The smallest absolute Gasteiger partial charge is 0.257 e. The fourth-order valence-electron chi connectivity index (χ4n) is 2.99. The number of amides is 1. The van der Waals surface area contributed by atoms with Crippen LogP contribution in [0.4, 0.5) is 5.69 Å². The minimum atomic E-state index is -0.0662. The van der Waals surface area contributed by atoms with Crippen LogP contribution in [-0.2, 0) is 4.79 Å². The van der Waals surface area contributed by atoms with Crippen molar-refractivity contribution in [3.63, 3.8) is 0 Å². The summed E-state index contributed by atoms with van der Waals surface area (Å²) in [7, 11) is 1.62. The molecule has 25 heavy (non-hydrogen) atoms. The van der Waals surface area contributed by atoms with Crippen LogP contribution in [0, 0.1) is 0 Å². The summed E-state index contributed by atoms with van der Waals surface area (Å²) in [5, 5.41) is 4.08. The van der Waals surface area contributed by atoms with E-state index >= 15 is 0 Å². The summed E-state index contributed by atoms with van der Waals surface area (Å²) in [6, 6.07) is 17.1. The van der Waals surface area contributed by atoms with E-state index in [2.05, 4.69) is 10.1 Å². The van der Waals surface area contributed by atoms with Crippen LogP contribution in [0.1, 0.15) is 18.2 Å². The summed E-state index contributed by atoms with van der Waals surface area (Å²) < 4.78 is 10.5. The Morgan fingerprint density at radius 3 is 2.60 bits per heavy atom. The average molecular weight is 335 g/mol. The predicted molar refractivity (Wildman–Crippen MR) is 92.4 cm³/mol. The molecule has 6 nitrogen and oxygen atoms in total. The van der Waals surface area contributed by atoms with E-state index in [0.717, 1.165) is 17.0 Å². The highest BCUT2D eigenvalue weighted by Gasteiger charge is 2.34. The lowest BCUT2D eigenvalue weighted by atomic mass is 10.1. The van der Waals surface area contributed by atoms with E-state index in [9.17, 15) is 4.79 Å². The first kappa shape index (κ1) is 15.4. The lowest BCUT2D eigenvalue weighted by Crippen LogP contribution is -2.24. The number of para-hydroxylation sites is 1. The molecule has 2 heterocycles. The van der Waals surface area contributed by atoms with Crippen LogP contribution in [0.15, 0.2) is 59.1 Å². The molecule has 0 spiro atoms. The maximum absolute atomic E-state index is 12.3. The van der Waals surface area contributed by atoms with Gasteiger partial charge in [-0.2, -0.15) is 4.98 Å². The zero-order chi connectivity index (χ0) is 17.2. The van der Waals surface area contributed by atoms with Gasteiger partial charge in [0.25, 0.3) is 5.89 Å². The standard InChI is InChI=1S/C19H17N3O3/c1-24-16-9-7-13(8-10-16)19-20-18(21-25-19)14-11-17(23)22(12-14)15-5-3-2-4-6-15/h2-10,14H,11-12H2,1H3. The van der Waals surface area contributed by atoms with Gasteiger partial charge in [-0.25, -0.2) is 0 Å². The number of benzene rings is 2. The Labute approximate surface area is 145 Å². The van der Waals surface area contributed by atoms with Gasteiger partial charge in [0.1, 0.15) is 5.75 Å². The van der Waals surface area contributed by atoms with Crippen molar-refractivity contribution < 1.29 is 14.1 Å². The molecule has 1 aliphatic rings. The van der Waals surface area contributed by atoms with Gasteiger partial charge in [-0.3, -0.25) is 4.79 Å². The maximum atomic E-state index is 12.3. The fourth-order valence-corrected chi connectivity index (χ4v) is 2.99. The number of ether oxygens (including phenoxy) is 1. The van der Waals surface area contributed by atoms with E-state index < -0.39 is 0 Å². The number of hydrogen-bond donors (Lipinski definition) is 0. The average Bonchev–Trinajstić information content (AvgIpc) is 3.29. The van der Waals surface area contributed by atoms with Crippen molar-refractivity contribution in [3.8, 4) is 17.2 Å². The molecule has 0 aliphatic carbocycles. The molecule has 0 saturated carbocycles. The second-order valence-corrected chi connectivity index (χ2v) is 5.93. The first-order chi connectivity index (χ1) is 12.2. The van der Waals surface area contributed by atoms with Crippen molar-refractivity contribution >= 4 is 11.6 Å². The molecule has 3 aromatic rings. The normalized spacial score (nSPS) is 17.1. The van der Waals surface area contributed by atoms with Crippen LogP contribution >= 0.6 is 0 Å². The van der Waals surface area contributed by atoms with Gasteiger partial charge in [-0.15, -0.1) is 0 Å². The largest absolute Gasteiger partial charge is 0.497 e. The van der Waals surface area contributed by atoms with Gasteiger partial charge in [0.2, 0.25) is 5.91 Å². The number of carbonyl (C=O) groups excluding carboxylic acids is 1. The van der Waals surface area contributed by atoms with Crippen LogP contribution in [0.3, 0.4) is 0 Å². The minimum absolute atomic E-state index is 0.0662. The second-order valence-electron chi connectivity index (χ2n) is 5.93. The van der Waals surface area contributed by atoms with Crippen LogP contribution in [-0.4, -0.2) is 29.7 Å². The van der Waals surface area contributed by atoms with Crippen molar-refractivity contribution in [1.82, 2.24) is 10.1 Å². The Morgan fingerprint density at radius 2 is 1.88 bits per heavy atom. The third-order valence-corrected chi connectivity index (χ3v) is 4.34. The molecule has 0 N–H and O–H groups in total. The van der Waals surface area contributed by atoms with Crippen molar-refractivity contribution in [1.29, 1.82) is 0 Å². The first-order valence-corrected chi connectivity index (χ1v) is 8.08. The monoisotopic (exact) mass is 335 g/mol. The second kappa shape index (κ2) is 6.39. The van der Waals surface area contributed by atoms with Gasteiger partial charge < -0.3 is 14.2 Å². The van der Waals surface area contributed by atoms with Crippen molar-refractivity contribution in [3.05, 3.63) is 60.4 Å². The molecule has 0 radical (unpaired) electrons. The Bertz CT molecular complexity index is 874. The number of anilines is 1. The summed E-state index contributed by atoms with van der Waals surface area (Å²) >= 11 is 0. The lowest BCUT2D eigenvalue weighted by molar-refractivity contribution is -0.117. The molecule has 2 aromatic carbocycles. The summed E-state index contributed by atoms with van der Waals surface area (Å²) in [5.41, 5.74) is 1.72. The van der Waals surface area contributed by atoms with Crippen LogP contribution in [0.5, 0.6) is 5.75 Å². The summed E-state index contributed by atoms with van der Waals surface area (Å²) in [6.07, 6.45) is 0.385. The Hall–Kier alpha value is -3.15. The fraction of sp³-hybridized carbons (Fsp3) is 0.211. The lowest BCUT2D eigenvalue weighted by Gasteiger charge is -2.15. The number of rotatable bonds is 4. The Kier molecular flexibility index (Phi) is 3.93. The van der Waals surface area contributed by atoms with Gasteiger partial charge >= 0.3 is 0 Å². The van der Waals surface area contributed by atoms with Gasteiger partial charge in [-0.05, 0) is 36.4 Å². The summed E-state index contributed by atoms with van der Waals surface area (Å²) in [4.78, 5) is 18.6. The third kappa shape index (κ3) is 2.98. The number of nitrogens with zero attached hydrogens (tertiary/aromatic N) is 3.